The minimum Gasteiger partial charge on any atom is -0.497 e. The van der Waals surface area contributed by atoms with Crippen LogP contribution >= 0.6 is 11.3 Å². The molecular formula is C14H18N2O3S. The average molecular weight is 294 g/mol. The first-order valence-electron chi connectivity index (χ1n) is 6.04. The minimum atomic E-state index is -0.227. The second-order valence-corrected chi connectivity index (χ2v) is 5.01. The molecule has 0 radical (unpaired) electrons. The summed E-state index contributed by atoms with van der Waals surface area (Å²) in [5.74, 6) is 8.02. The molecule has 1 atom stereocenters. The molecule has 108 valence electrons. The molecule has 0 saturated heterocycles. The molecule has 0 fully saturated rings. The zero-order valence-corrected chi connectivity index (χ0v) is 12.5. The second kappa shape index (κ2) is 6.60. The van der Waals surface area contributed by atoms with Crippen LogP contribution in [0.15, 0.2) is 29.6 Å². The summed E-state index contributed by atoms with van der Waals surface area (Å²) in [6.07, 6.45) is 0. The Balaban J connectivity index is 2.50. The van der Waals surface area contributed by atoms with Gasteiger partial charge in [-0.2, -0.15) is 0 Å². The van der Waals surface area contributed by atoms with Crippen molar-refractivity contribution in [1.82, 2.24) is 5.43 Å². The van der Waals surface area contributed by atoms with Gasteiger partial charge in [-0.05, 0) is 29.6 Å². The molecule has 1 aromatic carbocycles. The fourth-order valence-corrected chi connectivity index (χ4v) is 3.00. The lowest BCUT2D eigenvalue weighted by Gasteiger charge is -2.19. The molecule has 2 aromatic rings. The average Bonchev–Trinajstić information content (AvgIpc) is 2.96. The first kappa shape index (κ1) is 14.6. The largest absolute Gasteiger partial charge is 0.497 e. The van der Waals surface area contributed by atoms with Gasteiger partial charge in [0, 0.05) is 5.56 Å². The molecule has 0 spiro atoms. The summed E-state index contributed by atoms with van der Waals surface area (Å²) < 4.78 is 16.0. The van der Waals surface area contributed by atoms with Crippen LogP contribution in [0.25, 0.3) is 0 Å². The smallest absolute Gasteiger partial charge is 0.134 e. The van der Waals surface area contributed by atoms with Crippen molar-refractivity contribution in [3.8, 4) is 17.2 Å². The number of benzene rings is 1. The maximum atomic E-state index is 5.74. The van der Waals surface area contributed by atoms with Gasteiger partial charge in [0.2, 0.25) is 0 Å². The van der Waals surface area contributed by atoms with Crippen molar-refractivity contribution < 1.29 is 14.2 Å². The third-order valence-electron chi connectivity index (χ3n) is 3.05. The van der Waals surface area contributed by atoms with Crippen molar-refractivity contribution in [1.29, 1.82) is 0 Å². The van der Waals surface area contributed by atoms with E-state index in [-0.39, 0.29) is 6.04 Å². The summed E-state index contributed by atoms with van der Waals surface area (Å²) in [7, 11) is 4.90. The van der Waals surface area contributed by atoms with Gasteiger partial charge in [-0.15, -0.1) is 11.3 Å². The third kappa shape index (κ3) is 2.72. The molecule has 1 aromatic heterocycles. The molecular weight excluding hydrogens is 276 g/mol. The summed E-state index contributed by atoms with van der Waals surface area (Å²) in [5, 5.41) is 1.96. The zero-order valence-electron chi connectivity index (χ0n) is 11.7. The van der Waals surface area contributed by atoms with Crippen LogP contribution in [0.1, 0.15) is 16.5 Å². The molecule has 2 rings (SSSR count). The number of ether oxygens (including phenoxy) is 3. The van der Waals surface area contributed by atoms with E-state index in [1.165, 1.54) is 0 Å². The van der Waals surface area contributed by atoms with Crippen molar-refractivity contribution >= 4 is 11.3 Å². The Morgan fingerprint density at radius 2 is 1.80 bits per heavy atom. The van der Waals surface area contributed by atoms with E-state index in [2.05, 4.69) is 5.43 Å². The monoisotopic (exact) mass is 294 g/mol. The number of hydrazine groups is 1. The minimum absolute atomic E-state index is 0.227. The molecule has 0 saturated carbocycles. The Morgan fingerprint density at radius 3 is 2.40 bits per heavy atom. The highest BCUT2D eigenvalue weighted by molar-refractivity contribution is 7.10. The summed E-state index contributed by atoms with van der Waals surface area (Å²) in [6, 6.07) is 7.30. The van der Waals surface area contributed by atoms with E-state index in [0.717, 1.165) is 27.7 Å². The molecule has 0 aliphatic rings. The Hall–Kier alpha value is -1.76. The van der Waals surface area contributed by atoms with Gasteiger partial charge in [0.25, 0.3) is 0 Å². The normalized spacial score (nSPS) is 12.0. The zero-order chi connectivity index (χ0) is 14.5. The first-order chi connectivity index (χ1) is 9.74. The van der Waals surface area contributed by atoms with Gasteiger partial charge in [0.05, 0.1) is 32.2 Å². The van der Waals surface area contributed by atoms with E-state index in [9.17, 15) is 0 Å². The highest BCUT2D eigenvalue weighted by Gasteiger charge is 2.22. The molecule has 5 nitrogen and oxygen atoms in total. The van der Waals surface area contributed by atoms with Crippen LogP contribution in [-0.4, -0.2) is 21.3 Å². The van der Waals surface area contributed by atoms with E-state index >= 15 is 0 Å². The fourth-order valence-electron chi connectivity index (χ4n) is 2.06. The molecule has 0 aliphatic heterocycles. The van der Waals surface area contributed by atoms with E-state index < -0.39 is 0 Å². The van der Waals surface area contributed by atoms with E-state index in [1.807, 2.05) is 29.6 Å². The lowest BCUT2D eigenvalue weighted by atomic mass is 10.0. The van der Waals surface area contributed by atoms with Gasteiger partial charge in [0.15, 0.2) is 0 Å². The topological polar surface area (TPSA) is 65.7 Å². The lowest BCUT2D eigenvalue weighted by molar-refractivity contribution is 0.390. The van der Waals surface area contributed by atoms with Crippen LogP contribution in [0, 0.1) is 0 Å². The SMILES string of the molecule is COc1ccc(OC)c(C(NN)c2sccc2OC)c1. The maximum absolute atomic E-state index is 5.74. The van der Waals surface area contributed by atoms with E-state index in [1.54, 1.807) is 32.7 Å². The van der Waals surface area contributed by atoms with Gasteiger partial charge < -0.3 is 14.2 Å². The highest BCUT2D eigenvalue weighted by Crippen LogP contribution is 2.39. The van der Waals surface area contributed by atoms with Gasteiger partial charge in [-0.1, -0.05) is 0 Å². The van der Waals surface area contributed by atoms with Crippen LogP contribution in [-0.2, 0) is 0 Å². The molecule has 20 heavy (non-hydrogen) atoms. The predicted molar refractivity (Wildman–Crippen MR) is 79.6 cm³/mol. The molecule has 0 bridgehead atoms. The highest BCUT2D eigenvalue weighted by atomic mass is 32.1. The lowest BCUT2D eigenvalue weighted by Crippen LogP contribution is -2.28. The molecule has 3 N–H and O–H groups in total. The molecule has 0 amide bonds. The molecule has 1 unspecified atom stereocenters. The summed E-state index contributed by atoms with van der Waals surface area (Å²) in [5.41, 5.74) is 3.71. The first-order valence-corrected chi connectivity index (χ1v) is 6.92. The Kier molecular flexibility index (Phi) is 4.84. The Bertz CT molecular complexity index is 571. The molecule has 0 aliphatic carbocycles. The number of hydrogen-bond acceptors (Lipinski definition) is 6. The number of rotatable bonds is 6. The van der Waals surface area contributed by atoms with Gasteiger partial charge in [-0.3, -0.25) is 5.84 Å². The number of nitrogens with one attached hydrogen (secondary N) is 1. The molecule has 6 heteroatoms. The third-order valence-corrected chi connectivity index (χ3v) is 4.02. The Morgan fingerprint density at radius 1 is 1.05 bits per heavy atom. The maximum Gasteiger partial charge on any atom is 0.134 e. The number of hydrogen-bond donors (Lipinski definition) is 2. The van der Waals surface area contributed by atoms with Crippen molar-refractivity contribution in [2.24, 2.45) is 5.84 Å². The van der Waals surface area contributed by atoms with Gasteiger partial charge in [-0.25, -0.2) is 5.43 Å². The van der Waals surface area contributed by atoms with E-state index in [4.69, 9.17) is 20.1 Å². The quantitative estimate of drug-likeness (QED) is 0.632. The van der Waals surface area contributed by atoms with Crippen molar-refractivity contribution in [3.05, 3.63) is 40.1 Å². The van der Waals surface area contributed by atoms with Crippen molar-refractivity contribution in [2.45, 2.75) is 6.04 Å². The standard InChI is InChI=1S/C14H18N2O3S/c1-17-9-4-5-11(18-2)10(8-9)13(16-15)14-12(19-3)6-7-20-14/h4-8,13,16H,15H2,1-3H3. The molecule has 1 heterocycles. The summed E-state index contributed by atoms with van der Waals surface area (Å²) >= 11 is 1.57. The van der Waals surface area contributed by atoms with Gasteiger partial charge >= 0.3 is 0 Å². The summed E-state index contributed by atoms with van der Waals surface area (Å²) in [6.45, 7) is 0. The van der Waals surface area contributed by atoms with Crippen LogP contribution < -0.4 is 25.5 Å². The number of methoxy groups -OCH3 is 3. The van der Waals surface area contributed by atoms with Gasteiger partial charge in [0.1, 0.15) is 17.2 Å². The number of nitrogens with two attached hydrogens (primary N) is 1. The van der Waals surface area contributed by atoms with Crippen molar-refractivity contribution in [2.75, 3.05) is 21.3 Å². The summed E-state index contributed by atoms with van der Waals surface area (Å²) in [4.78, 5) is 0.988. The Labute approximate surface area is 122 Å². The predicted octanol–water partition coefficient (Wildman–Crippen LogP) is 2.33. The van der Waals surface area contributed by atoms with Crippen LogP contribution in [0.2, 0.25) is 0 Å². The van der Waals surface area contributed by atoms with Crippen molar-refractivity contribution in [3.63, 3.8) is 0 Å². The van der Waals surface area contributed by atoms with E-state index in [0.29, 0.717) is 0 Å². The van der Waals surface area contributed by atoms with Crippen LogP contribution in [0.3, 0.4) is 0 Å². The van der Waals surface area contributed by atoms with Crippen LogP contribution in [0.5, 0.6) is 17.2 Å². The number of thiophene rings is 1. The fraction of sp³-hybridized carbons (Fsp3) is 0.286. The van der Waals surface area contributed by atoms with Crippen LogP contribution in [0.4, 0.5) is 0 Å². The second-order valence-electron chi connectivity index (χ2n) is 4.06.